The van der Waals surface area contributed by atoms with Crippen LogP contribution in [-0.2, 0) is 11.5 Å². The van der Waals surface area contributed by atoms with E-state index in [2.05, 4.69) is 20.9 Å². The van der Waals surface area contributed by atoms with Gasteiger partial charge in [-0.2, -0.15) is 13.2 Å². The highest BCUT2D eigenvalue weighted by Gasteiger charge is 2.30. The molecule has 0 radical (unpaired) electrons. The van der Waals surface area contributed by atoms with Crippen molar-refractivity contribution in [3.8, 4) is 11.6 Å². The lowest BCUT2D eigenvalue weighted by atomic mass is 10.2. The second-order valence-corrected chi connectivity index (χ2v) is 4.32. The maximum atomic E-state index is 12.3. The minimum Gasteiger partial charge on any atom is -0.439 e. The summed E-state index contributed by atoms with van der Waals surface area (Å²) in [5.41, 5.74) is 0.280. The summed E-state index contributed by atoms with van der Waals surface area (Å²) >= 11 is 3.32. The summed E-state index contributed by atoms with van der Waals surface area (Å²) in [5, 5.41) is 0.728. The van der Waals surface area contributed by atoms with Gasteiger partial charge in [0.25, 0.3) is 0 Å². The highest BCUT2D eigenvalue weighted by molar-refractivity contribution is 9.08. The third-order valence-corrected chi connectivity index (χ3v) is 3.01. The highest BCUT2D eigenvalue weighted by Crippen LogP contribution is 2.30. The maximum Gasteiger partial charge on any atom is 0.417 e. The van der Waals surface area contributed by atoms with Crippen LogP contribution in [0, 0.1) is 0 Å². The van der Waals surface area contributed by atoms with Gasteiger partial charge in [0.2, 0.25) is 5.88 Å². The summed E-state index contributed by atoms with van der Waals surface area (Å²) in [5.74, 6) is 0.650. The fourth-order valence-electron chi connectivity index (χ4n) is 1.38. The second kappa shape index (κ2) is 5.61. The lowest BCUT2D eigenvalue weighted by Gasteiger charge is -2.08. The monoisotopic (exact) mass is 331 g/mol. The molecule has 0 aliphatic rings. The zero-order valence-corrected chi connectivity index (χ0v) is 11.2. The first-order valence-electron chi connectivity index (χ1n) is 5.35. The molecule has 0 bridgehead atoms. The van der Waals surface area contributed by atoms with E-state index in [1.807, 2.05) is 12.1 Å². The Balaban J connectivity index is 2.10. The molecule has 1 aromatic carbocycles. The first-order chi connectivity index (χ1) is 8.99. The lowest BCUT2D eigenvalue weighted by molar-refractivity contribution is -0.137. The summed E-state index contributed by atoms with van der Waals surface area (Å²) in [6.45, 7) is 0. The van der Waals surface area contributed by atoms with E-state index in [0.717, 1.165) is 23.2 Å². The van der Waals surface area contributed by atoms with Crippen molar-refractivity contribution in [2.75, 3.05) is 0 Å². The zero-order chi connectivity index (χ0) is 13.9. The molecule has 2 aromatic rings. The Kier molecular flexibility index (Phi) is 4.09. The Labute approximate surface area is 116 Å². The lowest BCUT2D eigenvalue weighted by Crippen LogP contribution is -2.05. The molecule has 0 saturated carbocycles. The van der Waals surface area contributed by atoms with E-state index in [1.165, 1.54) is 6.07 Å². The number of rotatable bonds is 3. The van der Waals surface area contributed by atoms with Gasteiger partial charge in [0.05, 0.1) is 5.56 Å². The Bertz CT molecular complexity index is 537. The minimum atomic E-state index is -4.39. The predicted molar refractivity (Wildman–Crippen MR) is 68.4 cm³/mol. The summed E-state index contributed by atoms with van der Waals surface area (Å²) in [7, 11) is 0. The zero-order valence-electron chi connectivity index (χ0n) is 9.62. The van der Waals surface area contributed by atoms with Crippen LogP contribution in [-0.4, -0.2) is 4.98 Å². The molecule has 0 atom stereocenters. The van der Waals surface area contributed by atoms with Gasteiger partial charge in [-0.1, -0.05) is 28.1 Å². The van der Waals surface area contributed by atoms with Crippen LogP contribution in [0.25, 0.3) is 0 Å². The Morgan fingerprint density at radius 1 is 1.05 bits per heavy atom. The standard InChI is InChI=1S/C13H9BrF3NO/c14-7-9-1-4-11(5-2-9)19-12-6-3-10(8-18-12)13(15,16)17/h1-6,8H,7H2. The number of aromatic nitrogens is 1. The molecule has 1 heterocycles. The van der Waals surface area contributed by atoms with Gasteiger partial charge in [-0.05, 0) is 23.8 Å². The number of benzene rings is 1. The summed E-state index contributed by atoms with van der Waals surface area (Å²) in [6, 6.07) is 9.31. The van der Waals surface area contributed by atoms with Crippen molar-refractivity contribution in [3.05, 3.63) is 53.7 Å². The van der Waals surface area contributed by atoms with Crippen LogP contribution in [0.4, 0.5) is 13.2 Å². The molecule has 0 saturated heterocycles. The molecule has 2 nitrogen and oxygen atoms in total. The first-order valence-corrected chi connectivity index (χ1v) is 6.47. The van der Waals surface area contributed by atoms with Crippen molar-refractivity contribution in [2.45, 2.75) is 11.5 Å². The predicted octanol–water partition coefficient (Wildman–Crippen LogP) is 4.79. The van der Waals surface area contributed by atoms with Gasteiger partial charge in [-0.3, -0.25) is 0 Å². The molecule has 0 spiro atoms. The number of halogens is 4. The van der Waals surface area contributed by atoms with Gasteiger partial charge in [0.15, 0.2) is 0 Å². The van der Waals surface area contributed by atoms with E-state index in [9.17, 15) is 13.2 Å². The number of nitrogens with zero attached hydrogens (tertiary/aromatic N) is 1. The topological polar surface area (TPSA) is 22.1 Å². The molecular formula is C13H9BrF3NO. The second-order valence-electron chi connectivity index (χ2n) is 3.76. The Morgan fingerprint density at radius 2 is 1.74 bits per heavy atom. The summed E-state index contributed by atoms with van der Waals surface area (Å²) in [4.78, 5) is 3.63. The van der Waals surface area contributed by atoms with Crippen LogP contribution >= 0.6 is 15.9 Å². The largest absolute Gasteiger partial charge is 0.439 e. The Morgan fingerprint density at radius 3 is 2.21 bits per heavy atom. The van der Waals surface area contributed by atoms with E-state index in [4.69, 9.17) is 4.74 Å². The van der Waals surface area contributed by atoms with Crippen molar-refractivity contribution in [1.29, 1.82) is 0 Å². The van der Waals surface area contributed by atoms with E-state index >= 15 is 0 Å². The molecular weight excluding hydrogens is 323 g/mol. The first kappa shape index (κ1) is 13.9. The van der Waals surface area contributed by atoms with Crippen molar-refractivity contribution in [3.63, 3.8) is 0 Å². The normalized spacial score (nSPS) is 11.4. The van der Waals surface area contributed by atoms with Crippen LogP contribution in [0.15, 0.2) is 42.6 Å². The number of hydrogen-bond donors (Lipinski definition) is 0. The molecule has 0 aliphatic heterocycles. The number of alkyl halides is 4. The van der Waals surface area contributed by atoms with Gasteiger partial charge < -0.3 is 4.74 Å². The SMILES string of the molecule is FC(F)(F)c1ccc(Oc2ccc(CBr)cc2)nc1. The van der Waals surface area contributed by atoms with Gasteiger partial charge in [0, 0.05) is 17.6 Å². The quantitative estimate of drug-likeness (QED) is 0.754. The average Bonchev–Trinajstić information content (AvgIpc) is 2.39. The summed E-state index contributed by atoms with van der Waals surface area (Å²) in [6.07, 6.45) is -3.63. The van der Waals surface area contributed by atoms with Crippen molar-refractivity contribution >= 4 is 15.9 Å². The molecule has 6 heteroatoms. The van der Waals surface area contributed by atoms with Gasteiger partial charge in [-0.15, -0.1) is 0 Å². The molecule has 0 N–H and O–H groups in total. The molecule has 2 rings (SSSR count). The third kappa shape index (κ3) is 3.70. The Hall–Kier alpha value is -1.56. The van der Waals surface area contributed by atoms with Crippen LogP contribution < -0.4 is 4.74 Å². The van der Waals surface area contributed by atoms with Crippen LogP contribution in [0.2, 0.25) is 0 Å². The molecule has 0 aliphatic carbocycles. The fourth-order valence-corrected chi connectivity index (χ4v) is 1.75. The van der Waals surface area contributed by atoms with Crippen LogP contribution in [0.5, 0.6) is 11.6 Å². The third-order valence-electron chi connectivity index (χ3n) is 2.36. The molecule has 0 amide bonds. The van der Waals surface area contributed by atoms with Crippen LogP contribution in [0.1, 0.15) is 11.1 Å². The van der Waals surface area contributed by atoms with E-state index in [-0.39, 0.29) is 5.88 Å². The minimum absolute atomic E-state index is 0.125. The number of pyridine rings is 1. The molecule has 100 valence electrons. The van der Waals surface area contributed by atoms with Gasteiger partial charge >= 0.3 is 6.18 Å². The van der Waals surface area contributed by atoms with Crippen LogP contribution in [0.3, 0.4) is 0 Å². The smallest absolute Gasteiger partial charge is 0.417 e. The maximum absolute atomic E-state index is 12.3. The van der Waals surface area contributed by atoms with Gasteiger partial charge in [0.1, 0.15) is 5.75 Å². The van der Waals surface area contributed by atoms with E-state index < -0.39 is 11.7 Å². The number of hydrogen-bond acceptors (Lipinski definition) is 2. The van der Waals surface area contributed by atoms with Crippen molar-refractivity contribution in [2.24, 2.45) is 0 Å². The average molecular weight is 332 g/mol. The van der Waals surface area contributed by atoms with Gasteiger partial charge in [-0.25, -0.2) is 4.98 Å². The highest BCUT2D eigenvalue weighted by atomic mass is 79.9. The van der Waals surface area contributed by atoms with Crippen molar-refractivity contribution < 1.29 is 17.9 Å². The molecule has 0 fully saturated rings. The number of ether oxygens (including phenoxy) is 1. The molecule has 1 aromatic heterocycles. The molecule has 0 unspecified atom stereocenters. The van der Waals surface area contributed by atoms with E-state index in [1.54, 1.807) is 12.1 Å². The van der Waals surface area contributed by atoms with Crippen molar-refractivity contribution in [1.82, 2.24) is 4.98 Å². The summed E-state index contributed by atoms with van der Waals surface area (Å²) < 4.78 is 42.4. The fraction of sp³-hybridized carbons (Fsp3) is 0.154. The molecule has 19 heavy (non-hydrogen) atoms. The van der Waals surface area contributed by atoms with E-state index in [0.29, 0.717) is 5.75 Å².